The molecule has 27 heavy (non-hydrogen) atoms. The summed E-state index contributed by atoms with van der Waals surface area (Å²) in [5.41, 5.74) is 1.56. The molecule has 0 heterocycles. The van der Waals surface area contributed by atoms with Crippen LogP contribution in [0, 0.1) is 10.1 Å². The van der Waals surface area contributed by atoms with Crippen molar-refractivity contribution in [1.82, 2.24) is 0 Å². The molecule has 0 saturated heterocycles. The molecule has 0 aliphatic rings. The van der Waals surface area contributed by atoms with Crippen LogP contribution < -0.4 is 0 Å². The van der Waals surface area contributed by atoms with E-state index in [1.807, 2.05) is 0 Å². The Kier molecular flexibility index (Phi) is 5.12. The average molecular weight is 363 g/mol. The topological polar surface area (TPSA) is 133 Å². The summed E-state index contributed by atoms with van der Waals surface area (Å²) in [6.07, 6.45) is 0. The number of phenolic OH excluding ortho intramolecular Hbond substituents is 2. The fourth-order valence-corrected chi connectivity index (χ4v) is 2.05. The van der Waals surface area contributed by atoms with Crippen LogP contribution >= 0.6 is 0 Å². The van der Waals surface area contributed by atoms with E-state index in [0.717, 1.165) is 0 Å². The maximum Gasteiger partial charge on any atom is 0.269 e. The molecule has 3 aromatic rings. The van der Waals surface area contributed by atoms with Gasteiger partial charge < -0.3 is 10.2 Å². The lowest BCUT2D eigenvalue weighted by molar-refractivity contribution is -0.384. The molecule has 9 heteroatoms. The first kappa shape index (κ1) is 17.7. The number of nitro benzene ring substituents is 1. The van der Waals surface area contributed by atoms with Crippen LogP contribution in [0.4, 0.5) is 28.4 Å². The van der Waals surface area contributed by atoms with Gasteiger partial charge in [-0.2, -0.15) is 15.3 Å². The number of aromatic hydroxyl groups is 2. The highest BCUT2D eigenvalue weighted by Crippen LogP contribution is 2.33. The van der Waals surface area contributed by atoms with E-state index in [4.69, 9.17) is 0 Å². The zero-order valence-corrected chi connectivity index (χ0v) is 13.8. The van der Waals surface area contributed by atoms with Crippen molar-refractivity contribution in [1.29, 1.82) is 0 Å². The second kappa shape index (κ2) is 7.83. The number of rotatable bonds is 5. The fourth-order valence-electron chi connectivity index (χ4n) is 2.05. The molecule has 0 saturated carbocycles. The van der Waals surface area contributed by atoms with Gasteiger partial charge in [0.05, 0.1) is 22.0 Å². The summed E-state index contributed by atoms with van der Waals surface area (Å²) in [6, 6.07) is 16.3. The van der Waals surface area contributed by atoms with E-state index in [0.29, 0.717) is 17.1 Å². The maximum absolute atomic E-state index is 10.6. The maximum atomic E-state index is 10.6. The van der Waals surface area contributed by atoms with E-state index in [2.05, 4.69) is 20.5 Å². The predicted octanol–water partition coefficient (Wildman–Crippen LogP) is 5.84. The van der Waals surface area contributed by atoms with Crippen molar-refractivity contribution in [2.24, 2.45) is 20.5 Å². The molecule has 2 N–H and O–H groups in total. The second-order valence-corrected chi connectivity index (χ2v) is 5.36. The summed E-state index contributed by atoms with van der Waals surface area (Å²) >= 11 is 0. The van der Waals surface area contributed by atoms with Crippen molar-refractivity contribution < 1.29 is 15.1 Å². The Labute approximate surface area is 153 Å². The van der Waals surface area contributed by atoms with E-state index >= 15 is 0 Å². The van der Waals surface area contributed by atoms with Gasteiger partial charge in [0.1, 0.15) is 17.2 Å². The lowest BCUT2D eigenvalue weighted by atomic mass is 10.2. The van der Waals surface area contributed by atoms with Crippen molar-refractivity contribution in [3.05, 3.63) is 76.8 Å². The van der Waals surface area contributed by atoms with E-state index < -0.39 is 4.92 Å². The van der Waals surface area contributed by atoms with Crippen LogP contribution in [0.5, 0.6) is 11.5 Å². The zero-order chi connectivity index (χ0) is 19.2. The quantitative estimate of drug-likeness (QED) is 0.335. The molecule has 0 unspecified atom stereocenters. The van der Waals surface area contributed by atoms with E-state index in [9.17, 15) is 20.3 Å². The van der Waals surface area contributed by atoms with Crippen LogP contribution in [0.2, 0.25) is 0 Å². The minimum absolute atomic E-state index is 0.0325. The molecule has 0 atom stereocenters. The van der Waals surface area contributed by atoms with Gasteiger partial charge >= 0.3 is 0 Å². The van der Waals surface area contributed by atoms with Gasteiger partial charge in [0.25, 0.3) is 5.69 Å². The van der Waals surface area contributed by atoms with Crippen LogP contribution in [0.15, 0.2) is 87.2 Å². The van der Waals surface area contributed by atoms with E-state index in [-0.39, 0.29) is 22.9 Å². The summed E-state index contributed by atoms with van der Waals surface area (Å²) in [7, 11) is 0. The molecule has 9 nitrogen and oxygen atoms in total. The minimum Gasteiger partial charge on any atom is -0.508 e. The molecule has 0 amide bonds. The first-order valence-corrected chi connectivity index (χ1v) is 7.71. The summed E-state index contributed by atoms with van der Waals surface area (Å²) in [4.78, 5) is 10.1. The predicted molar refractivity (Wildman–Crippen MR) is 97.7 cm³/mol. The summed E-state index contributed by atoms with van der Waals surface area (Å²) in [5.74, 6) is -0.00258. The zero-order valence-electron chi connectivity index (χ0n) is 13.8. The minimum atomic E-state index is -0.496. The number of phenols is 2. The Morgan fingerprint density at radius 3 is 1.81 bits per heavy atom. The third kappa shape index (κ3) is 4.69. The summed E-state index contributed by atoms with van der Waals surface area (Å²) in [5, 5.41) is 45.7. The van der Waals surface area contributed by atoms with Crippen molar-refractivity contribution in [2.75, 3.05) is 0 Å². The van der Waals surface area contributed by atoms with Gasteiger partial charge in [0, 0.05) is 18.2 Å². The standard InChI is InChI=1S/C18H13N5O4/c24-16-8-3-13(4-9-16)20-22-17-10-5-14(11-18(17)25)21-19-12-1-6-15(7-2-12)23(26)27/h1-11,24-25H. The molecule has 0 aromatic heterocycles. The number of nitrogens with zero attached hydrogens (tertiary/aromatic N) is 5. The molecule has 0 aliphatic heterocycles. The third-order valence-electron chi connectivity index (χ3n) is 3.42. The normalized spacial score (nSPS) is 11.3. The van der Waals surface area contributed by atoms with Gasteiger partial charge in [-0.15, -0.1) is 5.11 Å². The lowest BCUT2D eigenvalue weighted by Gasteiger charge is -1.99. The van der Waals surface area contributed by atoms with E-state index in [1.165, 1.54) is 48.5 Å². The second-order valence-electron chi connectivity index (χ2n) is 5.36. The van der Waals surface area contributed by atoms with Crippen molar-refractivity contribution in [2.45, 2.75) is 0 Å². The number of non-ortho nitro benzene ring substituents is 1. The Hall–Kier alpha value is -4.14. The molecule has 0 radical (unpaired) electrons. The van der Waals surface area contributed by atoms with Gasteiger partial charge in [-0.1, -0.05) is 0 Å². The number of nitro groups is 1. The fraction of sp³-hybridized carbons (Fsp3) is 0. The highest BCUT2D eigenvalue weighted by Gasteiger charge is 2.04. The van der Waals surface area contributed by atoms with Gasteiger partial charge in [-0.25, -0.2) is 0 Å². The Balaban J connectivity index is 1.72. The Bertz CT molecular complexity index is 1010. The molecule has 0 fully saturated rings. The molecular formula is C18H13N5O4. The molecule has 134 valence electrons. The van der Waals surface area contributed by atoms with Crippen LogP contribution in [-0.4, -0.2) is 15.1 Å². The van der Waals surface area contributed by atoms with Crippen LogP contribution in [0.1, 0.15) is 0 Å². The monoisotopic (exact) mass is 363 g/mol. The van der Waals surface area contributed by atoms with Gasteiger partial charge in [0.2, 0.25) is 0 Å². The van der Waals surface area contributed by atoms with Crippen molar-refractivity contribution >= 4 is 28.4 Å². The molecule has 0 spiro atoms. The SMILES string of the molecule is O=[N+]([O-])c1ccc(N=Nc2ccc(N=Nc3ccc(O)cc3)c(O)c2)cc1. The van der Waals surface area contributed by atoms with E-state index in [1.54, 1.807) is 18.2 Å². The number of benzene rings is 3. The number of hydrogen-bond acceptors (Lipinski definition) is 8. The number of hydrogen-bond donors (Lipinski definition) is 2. The highest BCUT2D eigenvalue weighted by molar-refractivity contribution is 5.58. The van der Waals surface area contributed by atoms with Crippen molar-refractivity contribution in [3.63, 3.8) is 0 Å². The largest absolute Gasteiger partial charge is 0.508 e. The van der Waals surface area contributed by atoms with Crippen LogP contribution in [0.25, 0.3) is 0 Å². The molecule has 3 rings (SSSR count). The van der Waals surface area contributed by atoms with Gasteiger partial charge in [-0.3, -0.25) is 10.1 Å². The first-order valence-electron chi connectivity index (χ1n) is 7.71. The highest BCUT2D eigenvalue weighted by atomic mass is 16.6. The van der Waals surface area contributed by atoms with Gasteiger partial charge in [0.15, 0.2) is 0 Å². The smallest absolute Gasteiger partial charge is 0.269 e. The molecule has 0 bridgehead atoms. The van der Waals surface area contributed by atoms with Crippen molar-refractivity contribution in [3.8, 4) is 11.5 Å². The van der Waals surface area contributed by atoms with Crippen LogP contribution in [0.3, 0.4) is 0 Å². The summed E-state index contributed by atoms with van der Waals surface area (Å²) in [6.45, 7) is 0. The lowest BCUT2D eigenvalue weighted by Crippen LogP contribution is -1.85. The molecular weight excluding hydrogens is 350 g/mol. The summed E-state index contributed by atoms with van der Waals surface area (Å²) < 4.78 is 0. The number of azo groups is 2. The van der Waals surface area contributed by atoms with Crippen LogP contribution in [-0.2, 0) is 0 Å². The molecule has 0 aliphatic carbocycles. The Morgan fingerprint density at radius 1 is 0.704 bits per heavy atom. The third-order valence-corrected chi connectivity index (χ3v) is 3.42. The first-order chi connectivity index (χ1) is 13.0. The molecule has 3 aromatic carbocycles. The Morgan fingerprint density at radius 2 is 1.22 bits per heavy atom. The average Bonchev–Trinajstić information content (AvgIpc) is 2.67. The van der Waals surface area contributed by atoms with Gasteiger partial charge in [-0.05, 0) is 48.5 Å².